The van der Waals surface area contributed by atoms with Crippen molar-refractivity contribution in [3.8, 4) is 0 Å². The van der Waals surface area contributed by atoms with Crippen molar-refractivity contribution >= 4 is 11.8 Å². The molecule has 0 bridgehead atoms. The minimum Gasteiger partial charge on any atom is -0.476 e. The van der Waals surface area contributed by atoms with Gasteiger partial charge in [0.1, 0.15) is 5.82 Å². The van der Waals surface area contributed by atoms with Gasteiger partial charge in [0.2, 0.25) is 0 Å². The molecular formula is C10H12F3N3O3. The average molecular weight is 279 g/mol. The van der Waals surface area contributed by atoms with E-state index in [9.17, 15) is 18.0 Å². The second kappa shape index (κ2) is 5.83. The molecule has 1 rings (SSSR count). The first-order valence-corrected chi connectivity index (χ1v) is 5.32. The Morgan fingerprint density at radius 1 is 1.42 bits per heavy atom. The van der Waals surface area contributed by atoms with Crippen LogP contribution in [0.25, 0.3) is 0 Å². The highest BCUT2D eigenvalue weighted by molar-refractivity contribution is 5.84. The van der Waals surface area contributed by atoms with Gasteiger partial charge in [-0.2, -0.15) is 13.2 Å². The number of hydrogen-bond donors (Lipinski definition) is 3. The van der Waals surface area contributed by atoms with Gasteiger partial charge in [-0.05, 0) is 6.42 Å². The van der Waals surface area contributed by atoms with Crippen molar-refractivity contribution in [3.63, 3.8) is 0 Å². The van der Waals surface area contributed by atoms with E-state index in [0.29, 0.717) is 0 Å². The van der Waals surface area contributed by atoms with Crippen LogP contribution in [0.1, 0.15) is 23.8 Å². The molecule has 1 aromatic heterocycles. The summed E-state index contributed by atoms with van der Waals surface area (Å²) in [6, 6.07) is -1.29. The molecule has 0 saturated heterocycles. The highest BCUT2D eigenvalue weighted by Gasteiger charge is 2.43. The third kappa shape index (κ3) is 4.05. The molecule has 106 valence electrons. The van der Waals surface area contributed by atoms with E-state index in [0.717, 1.165) is 12.4 Å². The summed E-state index contributed by atoms with van der Waals surface area (Å²) in [5, 5.41) is 20.1. The molecule has 0 aromatic carbocycles. The van der Waals surface area contributed by atoms with Gasteiger partial charge in [0.25, 0.3) is 0 Å². The first kappa shape index (κ1) is 15.2. The Morgan fingerprint density at radius 3 is 2.42 bits per heavy atom. The maximum absolute atomic E-state index is 12.4. The molecule has 1 aromatic rings. The lowest BCUT2D eigenvalue weighted by molar-refractivity contribution is -0.208. The number of anilines is 1. The number of aromatic carboxylic acids is 1. The fraction of sp³-hybridized carbons (Fsp3) is 0.500. The van der Waals surface area contributed by atoms with Crippen LogP contribution >= 0.6 is 0 Å². The van der Waals surface area contributed by atoms with Gasteiger partial charge in [0, 0.05) is 0 Å². The van der Waals surface area contributed by atoms with Crippen molar-refractivity contribution in [2.75, 3.05) is 5.32 Å². The minimum atomic E-state index is -4.75. The number of carboxylic acid groups (broad SMARTS) is 1. The number of carboxylic acids is 1. The molecule has 0 aliphatic heterocycles. The Hall–Kier alpha value is -1.90. The Bertz CT molecular complexity index is 436. The minimum absolute atomic E-state index is 0.00301. The molecule has 3 N–H and O–H groups in total. The van der Waals surface area contributed by atoms with Gasteiger partial charge in [-0.3, -0.25) is 0 Å². The monoisotopic (exact) mass is 279 g/mol. The number of halogens is 3. The molecular weight excluding hydrogens is 267 g/mol. The predicted octanol–water partition coefficient (Wildman–Crippen LogP) is 1.29. The molecule has 0 amide bonds. The van der Waals surface area contributed by atoms with E-state index in [1.54, 1.807) is 0 Å². The molecule has 0 radical (unpaired) electrons. The van der Waals surface area contributed by atoms with Crippen LogP contribution in [0.2, 0.25) is 0 Å². The normalized spacial score (nSPS) is 14.8. The van der Waals surface area contributed by atoms with Crippen LogP contribution in [-0.2, 0) is 0 Å². The molecule has 0 aliphatic carbocycles. The van der Waals surface area contributed by atoms with Crippen LogP contribution in [0.3, 0.4) is 0 Å². The lowest BCUT2D eigenvalue weighted by Crippen LogP contribution is -2.43. The quantitative estimate of drug-likeness (QED) is 0.751. The zero-order chi connectivity index (χ0) is 14.6. The average Bonchev–Trinajstić information content (AvgIpc) is 2.34. The summed E-state index contributed by atoms with van der Waals surface area (Å²) in [5.41, 5.74) is -0.324. The van der Waals surface area contributed by atoms with E-state index in [-0.39, 0.29) is 17.9 Å². The zero-order valence-corrected chi connectivity index (χ0v) is 9.85. The topological polar surface area (TPSA) is 95.3 Å². The molecule has 0 aliphatic rings. The summed E-state index contributed by atoms with van der Waals surface area (Å²) in [6.45, 7) is 1.46. The summed E-state index contributed by atoms with van der Waals surface area (Å²) in [4.78, 5) is 17.6. The summed E-state index contributed by atoms with van der Waals surface area (Å²) in [7, 11) is 0. The molecule has 9 heteroatoms. The van der Waals surface area contributed by atoms with Gasteiger partial charge in [-0.15, -0.1) is 0 Å². The van der Waals surface area contributed by atoms with Crippen molar-refractivity contribution in [3.05, 3.63) is 18.1 Å². The largest absolute Gasteiger partial charge is 0.476 e. The number of hydrogen-bond acceptors (Lipinski definition) is 5. The first-order chi connectivity index (χ1) is 8.75. The Labute approximate surface area is 106 Å². The van der Waals surface area contributed by atoms with Crippen LogP contribution in [0.4, 0.5) is 19.0 Å². The SMILES string of the molecule is CCC(Nc1cnc(C(=O)O)cn1)C(O)C(F)(F)F. The summed E-state index contributed by atoms with van der Waals surface area (Å²) < 4.78 is 37.1. The zero-order valence-electron chi connectivity index (χ0n) is 9.85. The van der Waals surface area contributed by atoms with E-state index >= 15 is 0 Å². The lowest BCUT2D eigenvalue weighted by atomic mass is 10.1. The molecule has 2 unspecified atom stereocenters. The van der Waals surface area contributed by atoms with Gasteiger partial charge in [0.05, 0.1) is 18.4 Å². The number of alkyl halides is 3. The van der Waals surface area contributed by atoms with Crippen molar-refractivity contribution < 1.29 is 28.2 Å². The molecule has 1 heterocycles. The molecule has 0 spiro atoms. The molecule has 6 nitrogen and oxygen atoms in total. The van der Waals surface area contributed by atoms with E-state index in [4.69, 9.17) is 10.2 Å². The van der Waals surface area contributed by atoms with Crippen LogP contribution in [0.5, 0.6) is 0 Å². The van der Waals surface area contributed by atoms with E-state index in [2.05, 4.69) is 15.3 Å². The van der Waals surface area contributed by atoms with Crippen LogP contribution in [0, 0.1) is 0 Å². The first-order valence-electron chi connectivity index (χ1n) is 5.32. The maximum Gasteiger partial charge on any atom is 0.416 e. The third-order valence-corrected chi connectivity index (χ3v) is 2.36. The Balaban J connectivity index is 2.79. The smallest absolute Gasteiger partial charge is 0.416 e. The van der Waals surface area contributed by atoms with E-state index in [1.165, 1.54) is 6.92 Å². The van der Waals surface area contributed by atoms with Crippen LogP contribution < -0.4 is 5.32 Å². The second-order valence-corrected chi connectivity index (χ2v) is 3.74. The second-order valence-electron chi connectivity index (χ2n) is 3.74. The fourth-order valence-electron chi connectivity index (χ4n) is 1.34. The Kier molecular flexibility index (Phi) is 4.65. The number of aromatic nitrogens is 2. The molecule has 0 saturated carbocycles. The summed E-state index contributed by atoms with van der Waals surface area (Å²) in [5.74, 6) is -1.33. The number of rotatable bonds is 5. The highest BCUT2D eigenvalue weighted by atomic mass is 19.4. The molecule has 2 atom stereocenters. The van der Waals surface area contributed by atoms with Gasteiger partial charge >= 0.3 is 12.1 Å². The Morgan fingerprint density at radius 2 is 2.05 bits per heavy atom. The van der Waals surface area contributed by atoms with Crippen molar-refractivity contribution in [1.82, 2.24) is 9.97 Å². The van der Waals surface area contributed by atoms with Crippen LogP contribution in [0.15, 0.2) is 12.4 Å². The number of aliphatic hydroxyl groups excluding tert-OH is 1. The number of nitrogens with zero attached hydrogens (tertiary/aromatic N) is 2. The highest BCUT2D eigenvalue weighted by Crippen LogP contribution is 2.25. The van der Waals surface area contributed by atoms with Crippen molar-refractivity contribution in [1.29, 1.82) is 0 Å². The van der Waals surface area contributed by atoms with Gasteiger partial charge in [0.15, 0.2) is 11.8 Å². The van der Waals surface area contributed by atoms with Gasteiger partial charge in [-0.1, -0.05) is 6.92 Å². The number of carbonyl (C=O) groups is 1. The number of aliphatic hydroxyl groups is 1. The summed E-state index contributed by atoms with van der Waals surface area (Å²) >= 11 is 0. The predicted molar refractivity (Wildman–Crippen MR) is 58.8 cm³/mol. The third-order valence-electron chi connectivity index (χ3n) is 2.36. The maximum atomic E-state index is 12.4. The molecule has 19 heavy (non-hydrogen) atoms. The van der Waals surface area contributed by atoms with Crippen molar-refractivity contribution in [2.45, 2.75) is 31.7 Å². The fourth-order valence-corrected chi connectivity index (χ4v) is 1.34. The van der Waals surface area contributed by atoms with E-state index in [1.807, 2.05) is 0 Å². The van der Waals surface area contributed by atoms with Gasteiger partial charge in [-0.25, -0.2) is 14.8 Å². The van der Waals surface area contributed by atoms with Gasteiger partial charge < -0.3 is 15.5 Å². The summed E-state index contributed by atoms with van der Waals surface area (Å²) in [6.07, 6.45) is -5.38. The molecule has 0 fully saturated rings. The standard InChI is InChI=1S/C10H12F3N3O3/c1-2-5(8(17)10(11,12)13)16-7-4-14-6(3-15-7)9(18)19/h3-5,8,17H,2H2,1H3,(H,15,16)(H,18,19). The lowest BCUT2D eigenvalue weighted by Gasteiger charge is -2.24. The van der Waals surface area contributed by atoms with E-state index < -0.39 is 24.3 Å². The number of nitrogens with one attached hydrogen (secondary N) is 1. The van der Waals surface area contributed by atoms with Crippen LogP contribution in [-0.4, -0.2) is 44.5 Å². The van der Waals surface area contributed by atoms with Crippen molar-refractivity contribution in [2.24, 2.45) is 0 Å².